The first kappa shape index (κ1) is 29.9. The van der Waals surface area contributed by atoms with Crippen LogP contribution in [0.15, 0.2) is 120 Å². The molecule has 6 rings (SSSR count). The molecule has 44 heavy (non-hydrogen) atoms. The second kappa shape index (κ2) is 13.7. The van der Waals surface area contributed by atoms with Crippen molar-refractivity contribution >= 4 is 27.3 Å². The van der Waals surface area contributed by atoms with Crippen LogP contribution in [0.1, 0.15) is 53.6 Å². The fourth-order valence-electron chi connectivity index (χ4n) is 5.64. The molecule has 1 saturated carbocycles. The minimum atomic E-state index is -3.80. The van der Waals surface area contributed by atoms with Crippen LogP contribution in [0.25, 0.3) is 21.6 Å². The van der Waals surface area contributed by atoms with E-state index in [-0.39, 0.29) is 29.9 Å². The van der Waals surface area contributed by atoms with Gasteiger partial charge in [0, 0.05) is 42.0 Å². The zero-order chi connectivity index (χ0) is 30.4. The summed E-state index contributed by atoms with van der Waals surface area (Å²) in [5.41, 5.74) is 5.34. The number of aromatic nitrogens is 1. The van der Waals surface area contributed by atoms with Gasteiger partial charge in [0.05, 0.1) is 4.90 Å². The summed E-state index contributed by atoms with van der Waals surface area (Å²) < 4.78 is 29.3. The topological polar surface area (TPSA) is 79.4 Å². The number of benzene rings is 3. The lowest BCUT2D eigenvalue weighted by Crippen LogP contribution is -2.36. The van der Waals surface area contributed by atoms with Crippen LogP contribution in [0.3, 0.4) is 0 Å². The maximum Gasteiger partial charge on any atom is 0.251 e. The van der Waals surface area contributed by atoms with E-state index in [0.29, 0.717) is 5.56 Å². The minimum Gasteiger partial charge on any atom is -0.349 e. The summed E-state index contributed by atoms with van der Waals surface area (Å²) in [5.74, 6) is -0.0186. The van der Waals surface area contributed by atoms with Gasteiger partial charge in [-0.05, 0) is 82.4 Å². The molecule has 6 nitrogen and oxygen atoms in total. The normalized spacial score (nSPS) is 14.0. The summed E-state index contributed by atoms with van der Waals surface area (Å²) in [7, 11) is -3.80. The number of nitrogens with zero attached hydrogens (tertiary/aromatic N) is 2. The molecule has 1 aliphatic rings. The Labute approximate surface area is 263 Å². The van der Waals surface area contributed by atoms with Crippen molar-refractivity contribution in [2.75, 3.05) is 0 Å². The molecule has 1 amide bonds. The van der Waals surface area contributed by atoms with E-state index in [1.807, 2.05) is 90.3 Å². The van der Waals surface area contributed by atoms with E-state index in [0.717, 1.165) is 45.5 Å². The van der Waals surface area contributed by atoms with Gasteiger partial charge in [-0.25, -0.2) is 8.42 Å². The van der Waals surface area contributed by atoms with Crippen LogP contribution in [0.5, 0.6) is 0 Å². The molecule has 3 aromatic carbocycles. The SMILES string of the molecule is O=C(NC1CCCCC1)c1ccc(-c2ccc(CN(Cc3cccnc3)S(=O)(=O)c3ccc(-c4cccs4)cc3)cc2)cc1. The standard InChI is InChI=1S/C36H35N3O3S2/c40-36(38-33-7-2-1-3-8-33)32-16-14-30(15-17-32)29-12-10-27(11-13-29)25-39(26-28-6-4-22-37-24-28)44(41,42)34-20-18-31(19-21-34)35-9-5-23-43-35/h4-6,9-24,33H,1-3,7-8,25-26H2,(H,38,40). The molecule has 2 aromatic heterocycles. The van der Waals surface area contributed by atoms with E-state index in [1.165, 1.54) is 23.6 Å². The van der Waals surface area contributed by atoms with Crippen LogP contribution >= 0.6 is 11.3 Å². The molecule has 2 heterocycles. The zero-order valence-electron chi connectivity index (χ0n) is 24.4. The Morgan fingerprint density at radius 3 is 2.07 bits per heavy atom. The average Bonchev–Trinajstić information content (AvgIpc) is 3.61. The summed E-state index contributed by atoms with van der Waals surface area (Å²) in [4.78, 5) is 18.3. The number of thiophene rings is 1. The molecule has 0 unspecified atom stereocenters. The lowest BCUT2D eigenvalue weighted by molar-refractivity contribution is 0.0927. The molecular formula is C36H35N3O3S2. The van der Waals surface area contributed by atoms with Crippen LogP contribution in [-0.4, -0.2) is 29.7 Å². The van der Waals surface area contributed by atoms with Gasteiger partial charge in [-0.15, -0.1) is 11.3 Å². The summed E-state index contributed by atoms with van der Waals surface area (Å²) in [6, 6.07) is 30.7. The number of carbonyl (C=O) groups excluding carboxylic acids is 1. The second-order valence-corrected chi connectivity index (χ2v) is 14.1. The first-order valence-electron chi connectivity index (χ1n) is 15.0. The van der Waals surface area contributed by atoms with E-state index in [2.05, 4.69) is 10.3 Å². The average molecular weight is 622 g/mol. The maximum absolute atomic E-state index is 13.9. The van der Waals surface area contributed by atoms with E-state index in [9.17, 15) is 13.2 Å². The Balaban J connectivity index is 1.18. The number of nitrogens with one attached hydrogen (secondary N) is 1. The molecule has 8 heteroatoms. The molecule has 0 radical (unpaired) electrons. The minimum absolute atomic E-state index is 0.0186. The highest BCUT2D eigenvalue weighted by atomic mass is 32.2. The lowest BCUT2D eigenvalue weighted by Gasteiger charge is -2.23. The van der Waals surface area contributed by atoms with Crippen molar-refractivity contribution in [3.05, 3.63) is 132 Å². The van der Waals surface area contributed by atoms with Gasteiger partial charge in [0.2, 0.25) is 10.0 Å². The first-order chi connectivity index (χ1) is 21.5. The number of sulfonamides is 1. The summed E-state index contributed by atoms with van der Waals surface area (Å²) in [5, 5.41) is 5.18. The van der Waals surface area contributed by atoms with Crippen molar-refractivity contribution < 1.29 is 13.2 Å². The largest absolute Gasteiger partial charge is 0.349 e. The fraction of sp³-hybridized carbons (Fsp3) is 0.222. The quantitative estimate of drug-likeness (QED) is 0.172. The van der Waals surface area contributed by atoms with Gasteiger partial charge in [0.15, 0.2) is 0 Å². The number of hydrogen-bond donors (Lipinski definition) is 1. The van der Waals surface area contributed by atoms with Gasteiger partial charge in [-0.2, -0.15) is 4.31 Å². The Morgan fingerprint density at radius 1 is 0.773 bits per heavy atom. The molecule has 0 bridgehead atoms. The highest BCUT2D eigenvalue weighted by molar-refractivity contribution is 7.89. The van der Waals surface area contributed by atoms with Crippen LogP contribution in [0.2, 0.25) is 0 Å². The van der Waals surface area contributed by atoms with E-state index >= 15 is 0 Å². The Hall–Kier alpha value is -4.11. The van der Waals surface area contributed by atoms with Gasteiger partial charge in [0.1, 0.15) is 0 Å². The van der Waals surface area contributed by atoms with Crippen molar-refractivity contribution in [2.24, 2.45) is 0 Å². The molecule has 0 saturated heterocycles. The van der Waals surface area contributed by atoms with E-state index in [4.69, 9.17) is 0 Å². The third-order valence-electron chi connectivity index (χ3n) is 8.11. The molecule has 1 fully saturated rings. The van der Waals surface area contributed by atoms with Crippen molar-refractivity contribution in [2.45, 2.75) is 56.1 Å². The van der Waals surface area contributed by atoms with Crippen molar-refractivity contribution in [3.63, 3.8) is 0 Å². The van der Waals surface area contributed by atoms with Crippen molar-refractivity contribution in [1.29, 1.82) is 0 Å². The Morgan fingerprint density at radius 2 is 1.43 bits per heavy atom. The van der Waals surface area contributed by atoms with Gasteiger partial charge in [-0.3, -0.25) is 9.78 Å². The van der Waals surface area contributed by atoms with Crippen LogP contribution < -0.4 is 5.32 Å². The Bertz CT molecular complexity index is 1760. The summed E-state index contributed by atoms with van der Waals surface area (Å²) >= 11 is 1.62. The number of carbonyl (C=O) groups is 1. The Kier molecular flexibility index (Phi) is 9.31. The van der Waals surface area contributed by atoms with Gasteiger partial charge >= 0.3 is 0 Å². The molecule has 1 N–H and O–H groups in total. The fourth-order valence-corrected chi connectivity index (χ4v) is 7.79. The molecule has 5 aromatic rings. The molecular weight excluding hydrogens is 587 g/mol. The molecule has 0 spiro atoms. The second-order valence-electron chi connectivity index (χ2n) is 11.2. The zero-order valence-corrected chi connectivity index (χ0v) is 26.1. The van der Waals surface area contributed by atoms with Crippen LogP contribution in [0.4, 0.5) is 0 Å². The highest BCUT2D eigenvalue weighted by Crippen LogP contribution is 2.28. The van der Waals surface area contributed by atoms with Gasteiger partial charge in [0.25, 0.3) is 5.91 Å². The third kappa shape index (κ3) is 7.16. The predicted molar refractivity (Wildman–Crippen MR) is 177 cm³/mol. The van der Waals surface area contributed by atoms with E-state index < -0.39 is 10.0 Å². The maximum atomic E-state index is 13.9. The molecule has 0 aliphatic heterocycles. The first-order valence-corrected chi connectivity index (χ1v) is 17.3. The number of pyridine rings is 1. The molecule has 224 valence electrons. The van der Waals surface area contributed by atoms with E-state index in [1.54, 1.807) is 35.9 Å². The lowest BCUT2D eigenvalue weighted by atomic mass is 9.95. The highest BCUT2D eigenvalue weighted by Gasteiger charge is 2.25. The summed E-state index contributed by atoms with van der Waals surface area (Å²) in [6.07, 6.45) is 9.09. The van der Waals surface area contributed by atoms with Crippen LogP contribution in [-0.2, 0) is 23.1 Å². The number of amides is 1. The van der Waals surface area contributed by atoms with Crippen molar-refractivity contribution in [1.82, 2.24) is 14.6 Å². The number of rotatable bonds is 10. The molecule has 1 aliphatic carbocycles. The smallest absolute Gasteiger partial charge is 0.251 e. The monoisotopic (exact) mass is 621 g/mol. The third-order valence-corrected chi connectivity index (χ3v) is 10.8. The van der Waals surface area contributed by atoms with Crippen LogP contribution in [0, 0.1) is 0 Å². The predicted octanol–water partition coefficient (Wildman–Crippen LogP) is 7.93. The number of hydrogen-bond acceptors (Lipinski definition) is 5. The summed E-state index contributed by atoms with van der Waals surface area (Å²) in [6.45, 7) is 0.416. The molecule has 0 atom stereocenters. The van der Waals surface area contributed by atoms with Gasteiger partial charge in [-0.1, -0.05) is 79.9 Å². The van der Waals surface area contributed by atoms with Gasteiger partial charge < -0.3 is 5.32 Å². The van der Waals surface area contributed by atoms with Crippen molar-refractivity contribution in [3.8, 4) is 21.6 Å².